The molecule has 1 rings (SSSR count). The lowest BCUT2D eigenvalue weighted by atomic mass is 10.2. The molecule has 94 valence electrons. The number of aryl methyl sites for hydroxylation is 1. The van der Waals surface area contributed by atoms with Crippen LogP contribution in [0.3, 0.4) is 0 Å². The number of hydrogen-bond donors (Lipinski definition) is 1. The van der Waals surface area contributed by atoms with Gasteiger partial charge < -0.3 is 5.32 Å². The molecule has 0 saturated carbocycles. The van der Waals surface area contributed by atoms with Crippen molar-refractivity contribution in [2.75, 3.05) is 11.6 Å². The van der Waals surface area contributed by atoms with Crippen molar-refractivity contribution in [2.24, 2.45) is 0 Å². The summed E-state index contributed by atoms with van der Waals surface area (Å²) in [5.41, 5.74) is 0.702. The van der Waals surface area contributed by atoms with E-state index < -0.39 is 26.8 Å². The Morgan fingerprint density at radius 2 is 2.00 bits per heavy atom. The summed E-state index contributed by atoms with van der Waals surface area (Å²) >= 11 is 0. The molecule has 6 heteroatoms. The Bertz CT molecular complexity index is 540. The maximum atomic E-state index is 13.2. The number of sulfone groups is 1. The molecule has 0 spiro atoms. The number of anilines is 1. The van der Waals surface area contributed by atoms with Gasteiger partial charge in [0.05, 0.1) is 0 Å². The van der Waals surface area contributed by atoms with E-state index in [1.165, 1.54) is 19.1 Å². The van der Waals surface area contributed by atoms with Crippen LogP contribution in [0.25, 0.3) is 0 Å². The van der Waals surface area contributed by atoms with Crippen molar-refractivity contribution in [1.82, 2.24) is 0 Å². The molecule has 0 heterocycles. The van der Waals surface area contributed by atoms with Gasteiger partial charge in [-0.1, -0.05) is 6.07 Å². The van der Waals surface area contributed by atoms with Crippen molar-refractivity contribution in [1.29, 1.82) is 0 Å². The third kappa shape index (κ3) is 3.52. The number of carbonyl (C=O) groups is 1. The molecule has 0 radical (unpaired) electrons. The summed E-state index contributed by atoms with van der Waals surface area (Å²) in [6, 6.07) is 4.18. The van der Waals surface area contributed by atoms with E-state index in [0.717, 1.165) is 12.3 Å². The second kappa shape index (κ2) is 4.83. The zero-order chi connectivity index (χ0) is 13.2. The molecule has 0 aliphatic carbocycles. The predicted molar refractivity (Wildman–Crippen MR) is 64.1 cm³/mol. The number of benzene rings is 1. The summed E-state index contributed by atoms with van der Waals surface area (Å²) in [6.45, 7) is 2.88. The normalized spacial score (nSPS) is 13.2. The highest BCUT2D eigenvalue weighted by atomic mass is 32.2. The smallest absolute Gasteiger partial charge is 0.242 e. The molecule has 0 unspecified atom stereocenters. The zero-order valence-corrected chi connectivity index (χ0v) is 10.6. The molecular formula is C11H14FNO3S. The van der Waals surface area contributed by atoms with Gasteiger partial charge in [-0.15, -0.1) is 0 Å². The first-order chi connectivity index (χ1) is 7.71. The summed E-state index contributed by atoms with van der Waals surface area (Å²) in [7, 11) is -3.45. The Kier molecular flexibility index (Phi) is 3.87. The van der Waals surface area contributed by atoms with Crippen LogP contribution < -0.4 is 5.32 Å². The van der Waals surface area contributed by atoms with Crippen molar-refractivity contribution in [3.63, 3.8) is 0 Å². The van der Waals surface area contributed by atoms with Crippen molar-refractivity contribution >= 4 is 21.4 Å². The minimum absolute atomic E-state index is 0.244. The van der Waals surface area contributed by atoms with Crippen LogP contribution in [0.4, 0.5) is 10.1 Å². The lowest BCUT2D eigenvalue weighted by Gasteiger charge is -2.10. The molecule has 1 aromatic carbocycles. The molecule has 1 amide bonds. The second-order valence-corrected chi connectivity index (χ2v) is 6.29. The molecule has 0 fully saturated rings. The van der Waals surface area contributed by atoms with Crippen LogP contribution in [0.15, 0.2) is 18.2 Å². The molecule has 0 bridgehead atoms. The second-order valence-electron chi connectivity index (χ2n) is 3.92. The van der Waals surface area contributed by atoms with Crippen molar-refractivity contribution in [2.45, 2.75) is 19.1 Å². The van der Waals surface area contributed by atoms with E-state index in [-0.39, 0.29) is 5.69 Å². The third-order valence-corrected chi connectivity index (χ3v) is 3.95. The average molecular weight is 259 g/mol. The quantitative estimate of drug-likeness (QED) is 0.894. The highest BCUT2D eigenvalue weighted by Gasteiger charge is 2.23. The van der Waals surface area contributed by atoms with Gasteiger partial charge in [0.1, 0.15) is 11.1 Å². The van der Waals surface area contributed by atoms with Gasteiger partial charge >= 0.3 is 0 Å². The Hall–Kier alpha value is -1.43. The van der Waals surface area contributed by atoms with Crippen molar-refractivity contribution in [3.05, 3.63) is 29.6 Å². The molecule has 1 aromatic rings. The van der Waals surface area contributed by atoms with E-state index in [1.807, 2.05) is 0 Å². The van der Waals surface area contributed by atoms with Gasteiger partial charge in [0.25, 0.3) is 0 Å². The number of carbonyl (C=O) groups excluding carboxylic acids is 1. The zero-order valence-electron chi connectivity index (χ0n) is 9.82. The molecule has 0 aromatic heterocycles. The van der Waals surface area contributed by atoms with Crippen LogP contribution in [0, 0.1) is 12.7 Å². The van der Waals surface area contributed by atoms with Crippen LogP contribution in [0.5, 0.6) is 0 Å². The summed E-state index contributed by atoms with van der Waals surface area (Å²) < 4.78 is 35.5. The first-order valence-corrected chi connectivity index (χ1v) is 6.93. The fraction of sp³-hybridized carbons (Fsp3) is 0.364. The maximum absolute atomic E-state index is 13.2. The Labute approximate surface area is 99.8 Å². The van der Waals surface area contributed by atoms with E-state index in [4.69, 9.17) is 0 Å². The number of rotatable bonds is 3. The summed E-state index contributed by atoms with van der Waals surface area (Å²) in [4.78, 5) is 11.5. The summed E-state index contributed by atoms with van der Waals surface area (Å²) in [5.74, 6) is -1.12. The van der Waals surface area contributed by atoms with Gasteiger partial charge in [-0.3, -0.25) is 4.79 Å². The lowest BCUT2D eigenvalue weighted by molar-refractivity contribution is -0.115. The van der Waals surface area contributed by atoms with Crippen molar-refractivity contribution in [3.8, 4) is 0 Å². The van der Waals surface area contributed by atoms with E-state index >= 15 is 0 Å². The topological polar surface area (TPSA) is 63.2 Å². The fourth-order valence-electron chi connectivity index (χ4n) is 1.11. The Morgan fingerprint density at radius 1 is 1.41 bits per heavy atom. The fourth-order valence-corrected chi connectivity index (χ4v) is 1.56. The number of nitrogens with one attached hydrogen (secondary N) is 1. The molecule has 0 saturated heterocycles. The van der Waals surface area contributed by atoms with Crippen molar-refractivity contribution < 1.29 is 17.6 Å². The number of hydrogen-bond acceptors (Lipinski definition) is 3. The molecule has 1 N–H and O–H groups in total. The van der Waals surface area contributed by atoms with Gasteiger partial charge in [-0.05, 0) is 31.5 Å². The molecule has 4 nitrogen and oxygen atoms in total. The van der Waals surface area contributed by atoms with Gasteiger partial charge in [0.2, 0.25) is 5.91 Å². The minimum atomic E-state index is -3.45. The standard InChI is InChI=1S/C11H14FNO3S/c1-7-4-5-9(6-10(7)12)13-11(14)8(2)17(3,15)16/h4-6,8H,1-3H3,(H,13,14)/t8-/m0/s1. The van der Waals surface area contributed by atoms with E-state index in [2.05, 4.69) is 5.32 Å². The van der Waals surface area contributed by atoms with Crippen LogP contribution in [-0.2, 0) is 14.6 Å². The average Bonchev–Trinajstić information content (AvgIpc) is 2.21. The first kappa shape index (κ1) is 13.6. The first-order valence-electron chi connectivity index (χ1n) is 4.97. The molecule has 17 heavy (non-hydrogen) atoms. The monoisotopic (exact) mass is 259 g/mol. The SMILES string of the molecule is Cc1ccc(NC(=O)[C@H](C)S(C)(=O)=O)cc1F. The molecule has 1 atom stereocenters. The van der Waals surface area contributed by atoms with Gasteiger partial charge in [-0.25, -0.2) is 12.8 Å². The maximum Gasteiger partial charge on any atom is 0.242 e. The highest BCUT2D eigenvalue weighted by molar-refractivity contribution is 7.92. The van der Waals surface area contributed by atoms with Gasteiger partial charge in [-0.2, -0.15) is 0 Å². The van der Waals surface area contributed by atoms with Crippen LogP contribution in [-0.4, -0.2) is 25.8 Å². The Balaban J connectivity index is 2.85. The third-order valence-electron chi connectivity index (χ3n) is 2.45. The summed E-state index contributed by atoms with van der Waals surface area (Å²) in [6.07, 6.45) is 0.979. The van der Waals surface area contributed by atoms with Crippen LogP contribution in [0.1, 0.15) is 12.5 Å². The number of halogens is 1. The Morgan fingerprint density at radius 3 is 2.47 bits per heavy atom. The predicted octanol–water partition coefficient (Wildman–Crippen LogP) is 1.51. The summed E-state index contributed by atoms with van der Waals surface area (Å²) in [5, 5.41) is 1.20. The largest absolute Gasteiger partial charge is 0.325 e. The van der Waals surface area contributed by atoms with E-state index in [0.29, 0.717) is 5.56 Å². The molecular weight excluding hydrogens is 245 g/mol. The molecule has 0 aliphatic heterocycles. The van der Waals surface area contributed by atoms with E-state index in [1.54, 1.807) is 6.92 Å². The molecule has 0 aliphatic rings. The van der Waals surface area contributed by atoms with Crippen LogP contribution in [0.2, 0.25) is 0 Å². The highest BCUT2D eigenvalue weighted by Crippen LogP contribution is 2.14. The number of amides is 1. The minimum Gasteiger partial charge on any atom is -0.325 e. The van der Waals surface area contributed by atoms with Gasteiger partial charge in [0.15, 0.2) is 9.84 Å². The van der Waals surface area contributed by atoms with Crippen LogP contribution >= 0.6 is 0 Å². The van der Waals surface area contributed by atoms with E-state index in [9.17, 15) is 17.6 Å². The van der Waals surface area contributed by atoms with Gasteiger partial charge in [0, 0.05) is 11.9 Å². The lowest BCUT2D eigenvalue weighted by Crippen LogP contribution is -2.31.